The maximum atomic E-state index is 2.44. The lowest BCUT2D eigenvalue weighted by molar-refractivity contribution is 0.837. The highest BCUT2D eigenvalue weighted by molar-refractivity contribution is 6.26. The summed E-state index contributed by atoms with van der Waals surface area (Å²) >= 11 is 0. The first-order chi connectivity index (χ1) is 13.9. The van der Waals surface area contributed by atoms with Gasteiger partial charge in [0.25, 0.3) is 0 Å². The van der Waals surface area contributed by atoms with E-state index in [4.69, 9.17) is 0 Å². The molecule has 0 radical (unpaired) electrons. The predicted molar refractivity (Wildman–Crippen MR) is 122 cm³/mol. The molecule has 5 aromatic rings. The molecule has 0 aliphatic rings. The molecule has 1 heteroatoms. The molecule has 0 aliphatic carbocycles. The maximum absolute atomic E-state index is 2.44. The van der Waals surface area contributed by atoms with Gasteiger partial charge in [-0.1, -0.05) is 84.9 Å². The van der Waals surface area contributed by atoms with Gasteiger partial charge in [-0.2, -0.15) is 0 Å². The number of hydrogen-bond acceptors (Lipinski definition) is 1. The van der Waals surface area contributed by atoms with Crippen molar-refractivity contribution in [3.05, 3.63) is 103 Å². The fourth-order valence-corrected chi connectivity index (χ4v) is 4.39. The Morgan fingerprint density at radius 3 is 1.64 bits per heavy atom. The first kappa shape index (κ1) is 16.8. The van der Waals surface area contributed by atoms with Gasteiger partial charge in [0.15, 0.2) is 0 Å². The first-order valence-electron chi connectivity index (χ1n) is 9.98. The van der Waals surface area contributed by atoms with Gasteiger partial charge in [-0.3, -0.25) is 0 Å². The van der Waals surface area contributed by atoms with E-state index in [0.717, 1.165) is 13.1 Å². The monoisotopic (exact) mass is 361 g/mol. The van der Waals surface area contributed by atoms with Gasteiger partial charge < -0.3 is 4.90 Å². The molecule has 0 unspecified atom stereocenters. The number of anilines is 1. The summed E-state index contributed by atoms with van der Waals surface area (Å²) in [7, 11) is 0. The zero-order valence-electron chi connectivity index (χ0n) is 16.1. The van der Waals surface area contributed by atoms with E-state index in [9.17, 15) is 0 Å². The molecule has 136 valence electrons. The van der Waals surface area contributed by atoms with Crippen LogP contribution in [0.2, 0.25) is 0 Å². The lowest BCUT2D eigenvalue weighted by Gasteiger charge is -2.24. The van der Waals surface area contributed by atoms with Gasteiger partial charge in [0, 0.05) is 18.8 Å². The SMILES string of the molecule is CCN(Cc1cccc2c3ccccc3c3ccccc3c12)c1ccccc1. The fraction of sp³-hybridized carbons (Fsp3) is 0.111. The normalized spacial score (nSPS) is 11.3. The lowest BCUT2D eigenvalue weighted by Crippen LogP contribution is -2.22. The van der Waals surface area contributed by atoms with Crippen molar-refractivity contribution in [1.29, 1.82) is 0 Å². The molecule has 0 fully saturated rings. The summed E-state index contributed by atoms with van der Waals surface area (Å²) in [4.78, 5) is 2.44. The van der Waals surface area contributed by atoms with Crippen LogP contribution in [0.1, 0.15) is 12.5 Å². The fourth-order valence-electron chi connectivity index (χ4n) is 4.39. The lowest BCUT2D eigenvalue weighted by atomic mass is 9.91. The first-order valence-corrected chi connectivity index (χ1v) is 9.98. The Hall–Kier alpha value is -3.32. The van der Waals surface area contributed by atoms with E-state index in [1.165, 1.54) is 43.6 Å². The molecular formula is C27H23N. The van der Waals surface area contributed by atoms with Crippen molar-refractivity contribution in [2.45, 2.75) is 13.5 Å². The summed E-state index contributed by atoms with van der Waals surface area (Å²) in [5.74, 6) is 0. The number of hydrogen-bond donors (Lipinski definition) is 0. The second-order valence-electron chi connectivity index (χ2n) is 7.28. The molecule has 1 nitrogen and oxygen atoms in total. The average Bonchev–Trinajstić information content (AvgIpc) is 2.78. The van der Waals surface area contributed by atoms with Gasteiger partial charge in [-0.25, -0.2) is 0 Å². The molecule has 0 saturated heterocycles. The van der Waals surface area contributed by atoms with Crippen molar-refractivity contribution in [2.24, 2.45) is 0 Å². The van der Waals surface area contributed by atoms with Crippen molar-refractivity contribution in [3.63, 3.8) is 0 Å². The smallest absolute Gasteiger partial charge is 0.0435 e. The molecule has 0 N–H and O–H groups in total. The van der Waals surface area contributed by atoms with E-state index in [-0.39, 0.29) is 0 Å². The standard InChI is InChI=1S/C27H23N/c1-2-28(21-12-4-3-5-13-21)19-20-11-10-18-26-24-15-7-6-14-22(24)23-16-8-9-17-25(23)27(20)26/h3-18H,2,19H2,1H3. The minimum Gasteiger partial charge on any atom is -0.367 e. The molecule has 0 aliphatic heterocycles. The minimum atomic E-state index is 0.903. The Balaban J connectivity index is 1.79. The van der Waals surface area contributed by atoms with E-state index < -0.39 is 0 Å². The van der Waals surface area contributed by atoms with Crippen LogP contribution in [0.5, 0.6) is 0 Å². The van der Waals surface area contributed by atoms with Crippen LogP contribution < -0.4 is 4.90 Å². The molecule has 0 atom stereocenters. The highest BCUT2D eigenvalue weighted by Gasteiger charge is 2.13. The number of fused-ring (bicyclic) bond motifs is 6. The molecule has 5 aromatic carbocycles. The molecule has 0 amide bonds. The summed E-state index contributed by atoms with van der Waals surface area (Å²) in [6.45, 7) is 4.11. The third-order valence-corrected chi connectivity index (χ3v) is 5.72. The largest absolute Gasteiger partial charge is 0.367 e. The average molecular weight is 361 g/mol. The van der Waals surface area contributed by atoms with Crippen molar-refractivity contribution >= 4 is 38.0 Å². The number of benzene rings is 5. The van der Waals surface area contributed by atoms with Gasteiger partial charge in [-0.15, -0.1) is 0 Å². The van der Waals surface area contributed by atoms with Gasteiger partial charge in [0.2, 0.25) is 0 Å². The zero-order valence-corrected chi connectivity index (χ0v) is 16.1. The predicted octanol–water partition coefficient (Wildman–Crippen LogP) is 7.17. The molecule has 5 rings (SSSR count). The van der Waals surface area contributed by atoms with Crippen LogP contribution in [-0.4, -0.2) is 6.54 Å². The molecule has 0 heterocycles. The minimum absolute atomic E-state index is 0.903. The Morgan fingerprint density at radius 2 is 1.04 bits per heavy atom. The van der Waals surface area contributed by atoms with Crippen molar-refractivity contribution in [3.8, 4) is 0 Å². The van der Waals surface area contributed by atoms with Crippen LogP contribution >= 0.6 is 0 Å². The number of para-hydroxylation sites is 1. The van der Waals surface area contributed by atoms with Crippen LogP contribution in [0, 0.1) is 0 Å². The highest BCUT2D eigenvalue weighted by Crippen LogP contribution is 2.37. The van der Waals surface area contributed by atoms with Crippen LogP contribution in [0.4, 0.5) is 5.69 Å². The summed E-state index contributed by atoms with van der Waals surface area (Å²) in [5.41, 5.74) is 2.65. The quantitative estimate of drug-likeness (QED) is 0.307. The van der Waals surface area contributed by atoms with Gasteiger partial charge >= 0.3 is 0 Å². The van der Waals surface area contributed by atoms with Crippen LogP contribution in [0.25, 0.3) is 32.3 Å². The topological polar surface area (TPSA) is 3.24 Å². The van der Waals surface area contributed by atoms with E-state index in [1.54, 1.807) is 0 Å². The molecule has 0 spiro atoms. The van der Waals surface area contributed by atoms with Crippen molar-refractivity contribution in [2.75, 3.05) is 11.4 Å². The third kappa shape index (κ3) is 2.71. The molecule has 28 heavy (non-hydrogen) atoms. The third-order valence-electron chi connectivity index (χ3n) is 5.72. The van der Waals surface area contributed by atoms with Crippen LogP contribution in [-0.2, 0) is 6.54 Å². The maximum Gasteiger partial charge on any atom is 0.0435 e. The number of rotatable bonds is 4. The summed E-state index contributed by atoms with van der Waals surface area (Å²) in [5, 5.41) is 8.07. The second-order valence-corrected chi connectivity index (χ2v) is 7.28. The Morgan fingerprint density at radius 1 is 0.536 bits per heavy atom. The summed E-state index contributed by atoms with van der Waals surface area (Å²) in [6.07, 6.45) is 0. The Kier molecular flexibility index (Phi) is 4.21. The van der Waals surface area contributed by atoms with Crippen LogP contribution in [0.15, 0.2) is 97.1 Å². The molecule has 0 aromatic heterocycles. The van der Waals surface area contributed by atoms with Crippen molar-refractivity contribution in [1.82, 2.24) is 0 Å². The zero-order chi connectivity index (χ0) is 18.9. The Labute approximate surface area is 165 Å². The van der Waals surface area contributed by atoms with E-state index in [1.807, 2.05) is 0 Å². The summed E-state index contributed by atoms with van der Waals surface area (Å²) < 4.78 is 0. The van der Waals surface area contributed by atoms with Crippen LogP contribution in [0.3, 0.4) is 0 Å². The summed E-state index contributed by atoms with van der Waals surface area (Å²) in [6, 6.07) is 35.1. The molecule has 0 saturated carbocycles. The van der Waals surface area contributed by atoms with E-state index in [2.05, 4.69) is 109 Å². The van der Waals surface area contributed by atoms with Gasteiger partial charge in [0.05, 0.1) is 0 Å². The van der Waals surface area contributed by atoms with Gasteiger partial charge in [0.1, 0.15) is 0 Å². The number of nitrogens with zero attached hydrogens (tertiary/aromatic N) is 1. The highest BCUT2D eigenvalue weighted by atomic mass is 15.1. The Bertz CT molecular complexity index is 1230. The van der Waals surface area contributed by atoms with E-state index >= 15 is 0 Å². The second kappa shape index (κ2) is 7.01. The van der Waals surface area contributed by atoms with Gasteiger partial charge in [-0.05, 0) is 56.9 Å². The molecule has 0 bridgehead atoms. The van der Waals surface area contributed by atoms with E-state index in [0.29, 0.717) is 0 Å². The van der Waals surface area contributed by atoms with Crippen molar-refractivity contribution < 1.29 is 0 Å². The molecular weight excluding hydrogens is 338 g/mol.